The lowest BCUT2D eigenvalue weighted by molar-refractivity contribution is 0.0825. The fourth-order valence-electron chi connectivity index (χ4n) is 3.48. The van der Waals surface area contributed by atoms with E-state index in [0.717, 1.165) is 12.0 Å². The summed E-state index contributed by atoms with van der Waals surface area (Å²) in [5.41, 5.74) is 1.32. The van der Waals surface area contributed by atoms with Crippen LogP contribution >= 0.6 is 0 Å². The van der Waals surface area contributed by atoms with Crippen LogP contribution in [-0.4, -0.2) is 45.9 Å². The molecule has 1 aliphatic rings. The number of amides is 1. The molecule has 1 amide bonds. The largest absolute Gasteiger partial charge is 0.370 e. The molecule has 2 atom stereocenters. The summed E-state index contributed by atoms with van der Waals surface area (Å²) >= 11 is 0. The fraction of sp³-hybridized carbons (Fsp3) is 0.550. The zero-order chi connectivity index (χ0) is 19.7. The van der Waals surface area contributed by atoms with Gasteiger partial charge >= 0.3 is 5.69 Å². The van der Waals surface area contributed by atoms with E-state index in [2.05, 4.69) is 12.0 Å². The summed E-state index contributed by atoms with van der Waals surface area (Å²) in [7, 11) is 3.44. The Kier molecular flexibility index (Phi) is 5.51. The Balaban J connectivity index is 1.95. The summed E-state index contributed by atoms with van der Waals surface area (Å²) in [4.78, 5) is 26.7. The molecule has 3 rings (SSSR count). The Hall–Kier alpha value is -2.41. The van der Waals surface area contributed by atoms with E-state index in [9.17, 15) is 9.59 Å². The maximum atomic E-state index is 13.0. The van der Waals surface area contributed by atoms with Crippen LogP contribution in [0.4, 0.5) is 0 Å². The van der Waals surface area contributed by atoms with Gasteiger partial charge in [0.2, 0.25) is 0 Å². The van der Waals surface area contributed by atoms with Crippen LogP contribution < -0.4 is 5.69 Å². The average molecular weight is 372 g/mol. The zero-order valence-electron chi connectivity index (χ0n) is 16.7. The first-order valence-corrected chi connectivity index (χ1v) is 9.41. The van der Waals surface area contributed by atoms with Crippen LogP contribution in [0.25, 0.3) is 0 Å². The molecule has 2 aromatic rings. The Bertz CT molecular complexity index is 882. The van der Waals surface area contributed by atoms with Gasteiger partial charge in [0.25, 0.3) is 5.91 Å². The summed E-state index contributed by atoms with van der Waals surface area (Å²) in [5.74, 6) is 0.963. The average Bonchev–Trinajstić information content (AvgIpc) is 3.17. The number of ether oxygens (including phenoxy) is 1. The predicted molar refractivity (Wildman–Crippen MR) is 103 cm³/mol. The second kappa shape index (κ2) is 7.68. The van der Waals surface area contributed by atoms with Crippen molar-refractivity contribution in [1.29, 1.82) is 0 Å². The Labute approximate surface area is 159 Å². The van der Waals surface area contributed by atoms with Gasteiger partial charge < -0.3 is 9.64 Å². The topological polar surface area (TPSA) is 69.4 Å². The predicted octanol–water partition coefficient (Wildman–Crippen LogP) is 2.47. The highest BCUT2D eigenvalue weighted by atomic mass is 16.5. The highest BCUT2D eigenvalue weighted by Gasteiger charge is 2.32. The molecule has 1 aromatic heterocycles. The number of benzene rings is 1. The van der Waals surface area contributed by atoms with Crippen molar-refractivity contribution in [2.45, 2.75) is 45.9 Å². The number of hydrogen-bond acceptors (Lipinski definition) is 4. The third kappa shape index (κ3) is 3.83. The molecule has 1 saturated heterocycles. The van der Waals surface area contributed by atoms with Crippen molar-refractivity contribution >= 4 is 5.91 Å². The highest BCUT2D eigenvalue weighted by molar-refractivity contribution is 5.94. The van der Waals surface area contributed by atoms with E-state index in [0.29, 0.717) is 30.5 Å². The first-order chi connectivity index (χ1) is 12.8. The Morgan fingerprint density at radius 1 is 1.37 bits per heavy atom. The van der Waals surface area contributed by atoms with Crippen LogP contribution in [0.3, 0.4) is 0 Å². The van der Waals surface area contributed by atoms with E-state index in [1.165, 1.54) is 9.58 Å². The van der Waals surface area contributed by atoms with Crippen molar-refractivity contribution in [3.8, 4) is 0 Å². The lowest BCUT2D eigenvalue weighted by atomic mass is 10.0. The standard InChI is InChI=1S/C20H28N4O3/c1-13(2)24-18(17-14(3)9-10-27-17)21-23(20(24)26)12-15-7-6-8-16(11-15)19(25)22(4)5/h6-8,11,13-14,17H,9-10,12H2,1-5H3/t14-,17+/m1/s1. The summed E-state index contributed by atoms with van der Waals surface area (Å²) in [5, 5.41) is 4.62. The lowest BCUT2D eigenvalue weighted by Crippen LogP contribution is -2.28. The van der Waals surface area contributed by atoms with Crippen molar-refractivity contribution in [3.63, 3.8) is 0 Å². The second-order valence-corrected chi connectivity index (χ2v) is 7.72. The van der Waals surface area contributed by atoms with E-state index in [4.69, 9.17) is 4.74 Å². The SMILES string of the molecule is CC(C)n1c([C@H]2OCC[C@H]2C)nn(Cc2cccc(C(=O)N(C)C)c2)c1=O. The summed E-state index contributed by atoms with van der Waals surface area (Å²) in [6.07, 6.45) is 0.821. The van der Waals surface area contributed by atoms with Crippen LogP contribution in [0.5, 0.6) is 0 Å². The second-order valence-electron chi connectivity index (χ2n) is 7.72. The molecule has 0 aliphatic carbocycles. The number of carbonyl (C=O) groups is 1. The van der Waals surface area contributed by atoms with Crippen LogP contribution in [0, 0.1) is 5.92 Å². The van der Waals surface area contributed by atoms with Crippen molar-refractivity contribution in [2.24, 2.45) is 5.92 Å². The van der Waals surface area contributed by atoms with E-state index in [-0.39, 0.29) is 23.7 Å². The third-order valence-electron chi connectivity index (χ3n) is 4.97. The molecule has 1 aliphatic heterocycles. The van der Waals surface area contributed by atoms with E-state index < -0.39 is 0 Å². The van der Waals surface area contributed by atoms with E-state index >= 15 is 0 Å². The Morgan fingerprint density at radius 2 is 2.11 bits per heavy atom. The van der Waals surface area contributed by atoms with Gasteiger partial charge in [-0.25, -0.2) is 9.48 Å². The molecule has 27 heavy (non-hydrogen) atoms. The molecule has 1 aromatic carbocycles. The molecule has 146 valence electrons. The highest BCUT2D eigenvalue weighted by Crippen LogP contribution is 2.33. The van der Waals surface area contributed by atoms with Gasteiger partial charge in [-0.2, -0.15) is 5.10 Å². The first kappa shape index (κ1) is 19.4. The molecule has 1 fully saturated rings. The van der Waals surface area contributed by atoms with Crippen molar-refractivity contribution in [1.82, 2.24) is 19.2 Å². The maximum absolute atomic E-state index is 13.0. The van der Waals surface area contributed by atoms with Crippen LogP contribution in [-0.2, 0) is 11.3 Å². The molecule has 0 bridgehead atoms. The van der Waals surface area contributed by atoms with Gasteiger partial charge in [0.15, 0.2) is 5.82 Å². The molecule has 0 unspecified atom stereocenters. The minimum absolute atomic E-state index is 0.000645. The van der Waals surface area contributed by atoms with Gasteiger partial charge in [0.1, 0.15) is 6.10 Å². The number of nitrogens with zero attached hydrogens (tertiary/aromatic N) is 4. The van der Waals surface area contributed by atoms with E-state index in [1.807, 2.05) is 32.0 Å². The smallest absolute Gasteiger partial charge is 0.346 e. The fourth-order valence-corrected chi connectivity index (χ4v) is 3.48. The molecule has 0 spiro atoms. The molecular weight excluding hydrogens is 344 g/mol. The third-order valence-corrected chi connectivity index (χ3v) is 4.97. The first-order valence-electron chi connectivity index (χ1n) is 9.41. The minimum Gasteiger partial charge on any atom is -0.370 e. The molecule has 7 heteroatoms. The molecule has 7 nitrogen and oxygen atoms in total. The molecule has 0 radical (unpaired) electrons. The van der Waals surface area contributed by atoms with Crippen molar-refractivity contribution < 1.29 is 9.53 Å². The molecule has 2 heterocycles. The lowest BCUT2D eigenvalue weighted by Gasteiger charge is -2.16. The van der Waals surface area contributed by atoms with Crippen molar-refractivity contribution in [2.75, 3.05) is 20.7 Å². The summed E-state index contributed by atoms with van der Waals surface area (Å²) < 4.78 is 9.05. The molecule has 0 N–H and O–H groups in total. The van der Waals surface area contributed by atoms with Crippen molar-refractivity contribution in [3.05, 3.63) is 51.7 Å². The van der Waals surface area contributed by atoms with Gasteiger partial charge in [-0.15, -0.1) is 0 Å². The van der Waals surface area contributed by atoms with Gasteiger partial charge in [0, 0.05) is 32.3 Å². The number of aromatic nitrogens is 3. The number of carbonyl (C=O) groups excluding carboxylic acids is 1. The number of rotatable bonds is 5. The Morgan fingerprint density at radius 3 is 2.70 bits per heavy atom. The normalized spacial score (nSPS) is 19.6. The van der Waals surface area contributed by atoms with Gasteiger partial charge in [-0.1, -0.05) is 19.1 Å². The monoisotopic (exact) mass is 372 g/mol. The summed E-state index contributed by atoms with van der Waals surface area (Å²) in [6, 6.07) is 7.33. The van der Waals surface area contributed by atoms with Gasteiger partial charge in [0.05, 0.1) is 6.54 Å². The van der Waals surface area contributed by atoms with Crippen LogP contribution in [0.1, 0.15) is 61.1 Å². The number of hydrogen-bond donors (Lipinski definition) is 0. The van der Waals surface area contributed by atoms with Crippen LogP contribution in [0.15, 0.2) is 29.1 Å². The maximum Gasteiger partial charge on any atom is 0.346 e. The van der Waals surface area contributed by atoms with Gasteiger partial charge in [-0.05, 0) is 43.9 Å². The van der Waals surface area contributed by atoms with E-state index in [1.54, 1.807) is 24.7 Å². The minimum atomic E-state index is -0.150. The summed E-state index contributed by atoms with van der Waals surface area (Å²) in [6.45, 7) is 7.10. The molecular formula is C20H28N4O3. The molecule has 0 saturated carbocycles. The quantitative estimate of drug-likeness (QED) is 0.808. The van der Waals surface area contributed by atoms with Gasteiger partial charge in [-0.3, -0.25) is 9.36 Å². The van der Waals surface area contributed by atoms with Crippen LogP contribution in [0.2, 0.25) is 0 Å². The zero-order valence-corrected chi connectivity index (χ0v) is 16.7.